The van der Waals surface area contributed by atoms with Crippen LogP contribution in [0.3, 0.4) is 0 Å². The minimum absolute atomic E-state index is 0.147. The van der Waals surface area contributed by atoms with Crippen LogP contribution in [0.5, 0.6) is 0 Å². The average molecular weight is 928 g/mol. The molecular weight excluding hydrogens is 863 g/mol. The summed E-state index contributed by atoms with van der Waals surface area (Å²) in [5.74, 6) is -0.810. The van der Waals surface area contributed by atoms with Crippen LogP contribution in [-0.4, -0.2) is 70.7 Å². The van der Waals surface area contributed by atoms with Gasteiger partial charge in [-0.05, 0) is 107 Å². The summed E-state index contributed by atoms with van der Waals surface area (Å²) in [7, 11) is 0.509. The molecule has 0 aliphatic carbocycles. The highest BCUT2D eigenvalue weighted by Crippen LogP contribution is 2.48. The third-order valence-corrected chi connectivity index (χ3v) is 14.4. The highest BCUT2D eigenvalue weighted by molar-refractivity contribution is 7.89. The van der Waals surface area contributed by atoms with Crippen molar-refractivity contribution in [2.45, 2.75) is 102 Å². The van der Waals surface area contributed by atoms with E-state index in [0.717, 1.165) is 65.8 Å². The van der Waals surface area contributed by atoms with Crippen LogP contribution in [0.25, 0.3) is 21.5 Å². The molecule has 0 aromatic heterocycles. The van der Waals surface area contributed by atoms with E-state index in [4.69, 9.17) is 19.7 Å². The molecule has 5 aromatic carbocycles. The SMILES string of the molecule is C=C(C)C(=O)OCCCCCCN(CCCCCCOC(=O)C(=C)C)S(=O)(=O)c1ccc(N=Nc2ccc(N=Nc3ccc4c5c(cccc35)N(C)C(C)(CCC)N4C)c3ccccc23)cc1. The molecule has 0 bridgehead atoms. The predicted octanol–water partition coefficient (Wildman–Crippen LogP) is 13.6. The second-order valence-corrected chi connectivity index (χ2v) is 19.4. The second kappa shape index (κ2) is 23.0. The summed E-state index contributed by atoms with van der Waals surface area (Å²) in [6.45, 7) is 16.3. The minimum Gasteiger partial charge on any atom is -0.462 e. The number of azo groups is 2. The Morgan fingerprint density at radius 3 is 1.60 bits per heavy atom. The zero-order chi connectivity index (χ0) is 48.1. The van der Waals surface area contributed by atoms with Crippen LogP contribution >= 0.6 is 0 Å². The van der Waals surface area contributed by atoms with Gasteiger partial charge in [0.1, 0.15) is 5.66 Å². The molecule has 354 valence electrons. The zero-order valence-electron chi connectivity index (χ0n) is 40.0. The van der Waals surface area contributed by atoms with Crippen molar-refractivity contribution in [1.29, 1.82) is 0 Å². The summed E-state index contributed by atoms with van der Waals surface area (Å²) >= 11 is 0. The number of rotatable bonds is 24. The molecule has 0 saturated carbocycles. The standard InChI is InChI=1S/C53H65N7O6S/c1-9-33-53(6)58(7)48-24-20-23-44-47(31-32-49(50(44)48)59(53)8)57-56-46-30-29-45(42-21-14-15-22-43(42)46)55-54-40-25-27-41(28-26-40)67(63,64)60(34-16-10-12-18-36-65-51(61)38(2)3)35-17-11-13-19-37-66-52(62)39(4)5/h14-15,20-32H,2,4,9-13,16-19,33-37H2,1,3,5-8H3. The van der Waals surface area contributed by atoms with E-state index >= 15 is 0 Å². The number of anilines is 2. The molecular formula is C53H65N7O6S. The second-order valence-electron chi connectivity index (χ2n) is 17.5. The number of benzene rings is 5. The average Bonchev–Trinajstić information content (AvgIpc) is 3.32. The van der Waals surface area contributed by atoms with E-state index in [1.165, 1.54) is 11.4 Å². The number of fused-ring (bicyclic) bond motifs is 1. The highest BCUT2D eigenvalue weighted by atomic mass is 32.2. The van der Waals surface area contributed by atoms with Crippen molar-refractivity contribution in [3.63, 3.8) is 0 Å². The number of carbonyl (C=O) groups is 2. The predicted molar refractivity (Wildman–Crippen MR) is 270 cm³/mol. The van der Waals surface area contributed by atoms with Gasteiger partial charge in [0, 0.05) is 71.3 Å². The minimum atomic E-state index is -3.83. The van der Waals surface area contributed by atoms with Crippen molar-refractivity contribution in [3.05, 3.63) is 115 Å². The number of nitrogens with zero attached hydrogens (tertiary/aromatic N) is 7. The normalized spacial score (nSPS) is 15.0. The number of sulfonamides is 1. The van der Waals surface area contributed by atoms with E-state index in [1.54, 1.807) is 42.4 Å². The summed E-state index contributed by atoms with van der Waals surface area (Å²) in [6.07, 6.45) is 7.94. The molecule has 1 aliphatic heterocycles. The first-order valence-electron chi connectivity index (χ1n) is 23.3. The lowest BCUT2D eigenvalue weighted by molar-refractivity contribution is -0.139. The largest absolute Gasteiger partial charge is 0.462 e. The lowest BCUT2D eigenvalue weighted by Crippen LogP contribution is -2.58. The van der Waals surface area contributed by atoms with E-state index in [9.17, 15) is 18.0 Å². The summed E-state index contributed by atoms with van der Waals surface area (Å²) < 4.78 is 40.0. The van der Waals surface area contributed by atoms with Gasteiger partial charge in [0.25, 0.3) is 0 Å². The zero-order valence-corrected chi connectivity index (χ0v) is 40.8. The van der Waals surface area contributed by atoms with Gasteiger partial charge in [-0.25, -0.2) is 18.0 Å². The molecule has 0 fully saturated rings. The molecule has 1 heterocycles. The Hall–Kier alpha value is -6.25. The third kappa shape index (κ3) is 12.0. The fourth-order valence-electron chi connectivity index (χ4n) is 8.46. The molecule has 5 aromatic rings. The van der Waals surface area contributed by atoms with Crippen LogP contribution in [0.2, 0.25) is 0 Å². The van der Waals surface area contributed by atoms with Gasteiger partial charge >= 0.3 is 11.9 Å². The molecule has 1 aliphatic rings. The lowest BCUT2D eigenvalue weighted by Gasteiger charge is -2.52. The van der Waals surface area contributed by atoms with Gasteiger partial charge < -0.3 is 19.3 Å². The van der Waals surface area contributed by atoms with Crippen molar-refractivity contribution in [2.24, 2.45) is 20.5 Å². The van der Waals surface area contributed by atoms with E-state index in [0.29, 0.717) is 80.2 Å². The fraction of sp³-hybridized carbons (Fsp3) is 0.396. The monoisotopic (exact) mass is 927 g/mol. The number of esters is 2. The molecule has 13 nitrogen and oxygen atoms in total. The van der Waals surface area contributed by atoms with E-state index in [1.807, 2.05) is 42.5 Å². The van der Waals surface area contributed by atoms with Crippen molar-refractivity contribution in [2.75, 3.05) is 50.2 Å². The Bertz CT molecular complexity index is 2700. The maximum absolute atomic E-state index is 14.1. The van der Waals surface area contributed by atoms with Gasteiger partial charge in [-0.3, -0.25) is 0 Å². The summed E-state index contributed by atoms with van der Waals surface area (Å²) in [5, 5.41) is 22.6. The molecule has 67 heavy (non-hydrogen) atoms. The Morgan fingerprint density at radius 1 is 0.612 bits per heavy atom. The summed E-state index contributed by atoms with van der Waals surface area (Å²) in [4.78, 5) is 28.3. The van der Waals surface area contributed by atoms with E-state index in [2.05, 4.69) is 85.4 Å². The molecule has 0 radical (unpaired) electrons. The first-order valence-corrected chi connectivity index (χ1v) is 24.8. The Labute approximate surface area is 396 Å². The maximum Gasteiger partial charge on any atom is 0.333 e. The highest BCUT2D eigenvalue weighted by Gasteiger charge is 2.39. The lowest BCUT2D eigenvalue weighted by atomic mass is 9.93. The number of ether oxygens (including phenoxy) is 2. The van der Waals surface area contributed by atoms with E-state index in [-0.39, 0.29) is 10.6 Å². The molecule has 0 amide bonds. The molecule has 6 rings (SSSR count). The number of carbonyl (C=O) groups excluding carboxylic acids is 2. The fourth-order valence-corrected chi connectivity index (χ4v) is 9.98. The third-order valence-electron chi connectivity index (χ3n) is 12.5. The number of hydrogen-bond acceptors (Lipinski definition) is 12. The van der Waals surface area contributed by atoms with Crippen LogP contribution in [0.4, 0.5) is 34.1 Å². The first-order chi connectivity index (χ1) is 32.2. The van der Waals surface area contributed by atoms with Gasteiger partial charge in [-0.1, -0.05) is 88.6 Å². The van der Waals surface area contributed by atoms with Gasteiger partial charge in [0.2, 0.25) is 10.0 Å². The topological polar surface area (TPSA) is 146 Å². The molecule has 0 spiro atoms. The van der Waals surface area contributed by atoms with Crippen molar-refractivity contribution in [1.82, 2.24) is 4.31 Å². The Balaban J connectivity index is 1.14. The summed E-state index contributed by atoms with van der Waals surface area (Å²) in [6, 6.07) is 28.7. The van der Waals surface area contributed by atoms with Gasteiger partial charge in [0.05, 0.1) is 40.9 Å². The number of hydrogen-bond donors (Lipinski definition) is 0. The summed E-state index contributed by atoms with van der Waals surface area (Å²) in [5.41, 5.74) is 5.57. The van der Waals surface area contributed by atoms with Gasteiger partial charge in [0.15, 0.2) is 0 Å². The van der Waals surface area contributed by atoms with Gasteiger partial charge in [-0.15, -0.1) is 15.3 Å². The van der Waals surface area contributed by atoms with Crippen LogP contribution in [-0.2, 0) is 29.1 Å². The van der Waals surface area contributed by atoms with Crippen LogP contribution < -0.4 is 9.80 Å². The van der Waals surface area contributed by atoms with Crippen molar-refractivity contribution in [3.8, 4) is 0 Å². The first kappa shape index (κ1) is 50.2. The molecule has 0 N–H and O–H groups in total. The molecule has 0 saturated heterocycles. The molecule has 14 heteroatoms. The van der Waals surface area contributed by atoms with Gasteiger partial charge in [-0.2, -0.15) is 9.42 Å². The quantitative estimate of drug-likeness (QED) is 0.0257. The van der Waals surface area contributed by atoms with Crippen molar-refractivity contribution < 1.29 is 27.5 Å². The molecule has 1 unspecified atom stereocenters. The molecule has 1 atom stereocenters. The van der Waals surface area contributed by atoms with Crippen LogP contribution in [0.15, 0.2) is 141 Å². The number of unbranched alkanes of at least 4 members (excludes halogenated alkanes) is 6. The van der Waals surface area contributed by atoms with Crippen molar-refractivity contribution >= 4 is 77.6 Å². The smallest absolute Gasteiger partial charge is 0.333 e. The van der Waals surface area contributed by atoms with Crippen LogP contribution in [0, 0.1) is 0 Å². The van der Waals surface area contributed by atoms with Crippen LogP contribution in [0.1, 0.15) is 91.9 Å². The maximum atomic E-state index is 14.1. The Kier molecular flexibility index (Phi) is 17.2. The Morgan fingerprint density at radius 2 is 1.07 bits per heavy atom. The van der Waals surface area contributed by atoms with E-state index < -0.39 is 22.0 Å².